The lowest BCUT2D eigenvalue weighted by Crippen LogP contribution is -2.17. The highest BCUT2D eigenvalue weighted by atomic mass is 16.5. The van der Waals surface area contributed by atoms with E-state index < -0.39 is 0 Å². The van der Waals surface area contributed by atoms with Crippen LogP contribution in [-0.2, 0) is 9.53 Å². The molecule has 0 spiro atoms. The van der Waals surface area contributed by atoms with Crippen LogP contribution in [0.25, 0.3) is 0 Å². The fourth-order valence-corrected chi connectivity index (χ4v) is 2.04. The van der Waals surface area contributed by atoms with Crippen LogP contribution in [0.2, 0.25) is 0 Å². The van der Waals surface area contributed by atoms with Gasteiger partial charge in [-0.05, 0) is 42.8 Å². The Kier molecular flexibility index (Phi) is 5.40. The third-order valence-corrected chi connectivity index (χ3v) is 3.08. The molecule has 1 unspecified atom stereocenters. The molecule has 2 N–H and O–H groups in total. The predicted octanol–water partition coefficient (Wildman–Crippen LogP) is 3.43. The van der Waals surface area contributed by atoms with E-state index in [-0.39, 0.29) is 18.6 Å². The van der Waals surface area contributed by atoms with Gasteiger partial charge in [-0.15, -0.1) is 0 Å². The van der Waals surface area contributed by atoms with Crippen molar-refractivity contribution in [1.82, 2.24) is 0 Å². The minimum atomic E-state index is -0.166. The van der Waals surface area contributed by atoms with Crippen LogP contribution in [0.15, 0.2) is 47.1 Å². The van der Waals surface area contributed by atoms with Crippen molar-refractivity contribution in [3.63, 3.8) is 0 Å². The van der Waals surface area contributed by atoms with Gasteiger partial charge in [0.2, 0.25) is 5.91 Å². The molecule has 0 fully saturated rings. The molecule has 112 valence electrons. The largest absolute Gasteiger partial charge is 0.467 e. The summed E-state index contributed by atoms with van der Waals surface area (Å²) in [7, 11) is 1.49. The highest BCUT2D eigenvalue weighted by Crippen LogP contribution is 2.23. The van der Waals surface area contributed by atoms with Crippen LogP contribution >= 0.6 is 0 Å². The highest BCUT2D eigenvalue weighted by Gasteiger charge is 2.11. The minimum Gasteiger partial charge on any atom is -0.467 e. The Bertz CT molecular complexity index is 549. The summed E-state index contributed by atoms with van der Waals surface area (Å²) in [4.78, 5) is 11.4. The van der Waals surface area contributed by atoms with E-state index in [4.69, 9.17) is 9.15 Å². The topological polar surface area (TPSA) is 63.5 Å². The van der Waals surface area contributed by atoms with Crippen LogP contribution in [0.4, 0.5) is 11.4 Å². The van der Waals surface area contributed by atoms with Crippen molar-refractivity contribution in [1.29, 1.82) is 0 Å². The number of anilines is 2. The molecule has 0 aliphatic heterocycles. The lowest BCUT2D eigenvalue weighted by atomic mass is 10.1. The zero-order valence-corrected chi connectivity index (χ0v) is 12.3. The Morgan fingerprint density at radius 3 is 2.52 bits per heavy atom. The molecule has 1 aromatic heterocycles. The van der Waals surface area contributed by atoms with Gasteiger partial charge in [-0.25, -0.2) is 0 Å². The Balaban J connectivity index is 1.97. The number of methoxy groups -OCH3 is 1. The number of benzene rings is 1. The first-order chi connectivity index (χ1) is 10.2. The molecule has 0 aliphatic rings. The standard InChI is InChI=1S/C16H20N2O3/c1-3-14(15-5-4-10-21-15)17-12-6-8-13(9-7-12)18-16(19)11-20-2/h4-10,14,17H,3,11H2,1-2H3,(H,18,19). The minimum absolute atomic E-state index is 0.0520. The molecule has 1 heterocycles. The van der Waals surface area contributed by atoms with Crippen molar-refractivity contribution in [2.24, 2.45) is 0 Å². The summed E-state index contributed by atoms with van der Waals surface area (Å²) < 4.78 is 10.2. The molecule has 0 saturated carbocycles. The number of amides is 1. The number of nitrogens with one attached hydrogen (secondary N) is 2. The normalized spacial score (nSPS) is 11.9. The summed E-state index contributed by atoms with van der Waals surface area (Å²) in [5.74, 6) is 0.746. The molecule has 1 aromatic carbocycles. The maximum absolute atomic E-state index is 11.4. The summed E-state index contributed by atoms with van der Waals surface area (Å²) in [6, 6.07) is 11.5. The second-order valence-corrected chi connectivity index (χ2v) is 4.68. The fourth-order valence-electron chi connectivity index (χ4n) is 2.04. The van der Waals surface area contributed by atoms with Crippen LogP contribution < -0.4 is 10.6 Å². The third kappa shape index (κ3) is 4.36. The lowest BCUT2D eigenvalue weighted by molar-refractivity contribution is -0.119. The molecule has 0 radical (unpaired) electrons. The molecule has 2 rings (SSSR count). The molecule has 5 nitrogen and oxygen atoms in total. The summed E-state index contributed by atoms with van der Waals surface area (Å²) in [5, 5.41) is 6.16. The Labute approximate surface area is 124 Å². The smallest absolute Gasteiger partial charge is 0.250 e. The molecular weight excluding hydrogens is 268 g/mol. The van der Waals surface area contributed by atoms with Crippen molar-refractivity contribution in [3.05, 3.63) is 48.4 Å². The first kappa shape index (κ1) is 15.1. The number of rotatable bonds is 7. The Morgan fingerprint density at radius 1 is 1.24 bits per heavy atom. The summed E-state index contributed by atoms with van der Waals surface area (Å²) in [6.07, 6.45) is 2.59. The van der Waals surface area contributed by atoms with Crippen LogP contribution in [0.3, 0.4) is 0 Å². The van der Waals surface area contributed by atoms with Gasteiger partial charge in [0.05, 0.1) is 12.3 Å². The van der Waals surface area contributed by atoms with E-state index in [0.29, 0.717) is 0 Å². The van der Waals surface area contributed by atoms with Gasteiger partial charge in [0.1, 0.15) is 12.4 Å². The van der Waals surface area contributed by atoms with Crippen LogP contribution in [-0.4, -0.2) is 19.6 Å². The van der Waals surface area contributed by atoms with E-state index in [2.05, 4.69) is 17.6 Å². The molecule has 0 aliphatic carbocycles. The monoisotopic (exact) mass is 288 g/mol. The first-order valence-electron chi connectivity index (χ1n) is 6.91. The van der Waals surface area contributed by atoms with Crippen LogP contribution in [0.1, 0.15) is 25.1 Å². The summed E-state index contributed by atoms with van der Waals surface area (Å²) in [6.45, 7) is 2.15. The van der Waals surface area contributed by atoms with Gasteiger partial charge < -0.3 is 19.8 Å². The van der Waals surface area contributed by atoms with Crippen LogP contribution in [0.5, 0.6) is 0 Å². The highest BCUT2D eigenvalue weighted by molar-refractivity contribution is 5.91. The van der Waals surface area contributed by atoms with Crippen molar-refractivity contribution < 1.29 is 13.9 Å². The predicted molar refractivity (Wildman–Crippen MR) is 82.3 cm³/mol. The number of furan rings is 1. The zero-order chi connectivity index (χ0) is 15.1. The molecule has 1 amide bonds. The third-order valence-electron chi connectivity index (χ3n) is 3.08. The van der Waals surface area contributed by atoms with E-state index in [9.17, 15) is 4.79 Å². The van der Waals surface area contributed by atoms with E-state index in [1.54, 1.807) is 6.26 Å². The molecule has 0 saturated heterocycles. The van der Waals surface area contributed by atoms with E-state index in [0.717, 1.165) is 23.6 Å². The van der Waals surface area contributed by atoms with Gasteiger partial charge in [-0.1, -0.05) is 6.92 Å². The number of ether oxygens (including phenoxy) is 1. The van der Waals surface area contributed by atoms with Crippen molar-refractivity contribution in [2.75, 3.05) is 24.4 Å². The van der Waals surface area contributed by atoms with E-state index in [1.165, 1.54) is 7.11 Å². The van der Waals surface area contributed by atoms with E-state index in [1.807, 2.05) is 36.4 Å². The van der Waals surface area contributed by atoms with E-state index >= 15 is 0 Å². The quantitative estimate of drug-likeness (QED) is 0.819. The molecule has 21 heavy (non-hydrogen) atoms. The summed E-state index contributed by atoms with van der Waals surface area (Å²) in [5.41, 5.74) is 1.72. The Hall–Kier alpha value is -2.27. The maximum atomic E-state index is 11.4. The average Bonchev–Trinajstić information content (AvgIpc) is 3.01. The SMILES string of the molecule is CCC(Nc1ccc(NC(=O)COC)cc1)c1ccco1. The number of carbonyl (C=O) groups excluding carboxylic acids is 1. The number of hydrogen-bond donors (Lipinski definition) is 2. The second kappa shape index (κ2) is 7.50. The van der Waals surface area contributed by atoms with Gasteiger partial charge in [0.15, 0.2) is 0 Å². The van der Waals surface area contributed by atoms with Crippen molar-refractivity contribution in [3.8, 4) is 0 Å². The van der Waals surface area contributed by atoms with Gasteiger partial charge in [0.25, 0.3) is 0 Å². The van der Waals surface area contributed by atoms with Gasteiger partial charge in [-0.2, -0.15) is 0 Å². The second-order valence-electron chi connectivity index (χ2n) is 4.68. The first-order valence-corrected chi connectivity index (χ1v) is 6.91. The van der Waals surface area contributed by atoms with Crippen molar-refractivity contribution in [2.45, 2.75) is 19.4 Å². The number of hydrogen-bond acceptors (Lipinski definition) is 4. The zero-order valence-electron chi connectivity index (χ0n) is 12.3. The fraction of sp³-hybridized carbons (Fsp3) is 0.312. The molecule has 1 atom stereocenters. The molecule has 0 bridgehead atoms. The average molecular weight is 288 g/mol. The van der Waals surface area contributed by atoms with Crippen LogP contribution in [0, 0.1) is 0 Å². The maximum Gasteiger partial charge on any atom is 0.250 e. The Morgan fingerprint density at radius 2 is 1.95 bits per heavy atom. The van der Waals surface area contributed by atoms with Gasteiger partial charge in [-0.3, -0.25) is 4.79 Å². The molecule has 5 heteroatoms. The van der Waals surface area contributed by atoms with Gasteiger partial charge >= 0.3 is 0 Å². The molecular formula is C16H20N2O3. The number of carbonyl (C=O) groups is 1. The lowest BCUT2D eigenvalue weighted by Gasteiger charge is -2.16. The van der Waals surface area contributed by atoms with Gasteiger partial charge in [0, 0.05) is 18.5 Å². The summed E-state index contributed by atoms with van der Waals surface area (Å²) >= 11 is 0. The van der Waals surface area contributed by atoms with Crippen molar-refractivity contribution >= 4 is 17.3 Å². The molecule has 2 aromatic rings.